The van der Waals surface area contributed by atoms with Crippen molar-refractivity contribution in [3.8, 4) is 0 Å². The Bertz CT molecular complexity index is 1070. The Morgan fingerprint density at radius 2 is 1.79 bits per heavy atom. The van der Waals surface area contributed by atoms with Crippen LogP contribution in [0.1, 0.15) is 53.4 Å². The van der Waals surface area contributed by atoms with Gasteiger partial charge in [0.15, 0.2) is 5.60 Å². The molecule has 13 atom stereocenters. The lowest BCUT2D eigenvalue weighted by Gasteiger charge is -2.71. The first kappa shape index (κ1) is 25.7. The molecule has 7 bridgehead atoms. The highest BCUT2D eigenvalue weighted by Gasteiger charge is 2.98. The zero-order valence-electron chi connectivity index (χ0n) is 23.2. The lowest BCUT2D eigenvalue weighted by atomic mass is 9.41. The Morgan fingerprint density at radius 3 is 2.42 bits per heavy atom. The van der Waals surface area contributed by atoms with E-state index in [2.05, 4.69) is 18.7 Å². The Morgan fingerprint density at radius 1 is 1.05 bits per heavy atom. The molecule has 7 rings (SSSR count). The molecular formula is C28H41NO9. The lowest BCUT2D eigenvalue weighted by Crippen LogP contribution is -2.85. The van der Waals surface area contributed by atoms with E-state index in [1.807, 2.05) is 0 Å². The van der Waals surface area contributed by atoms with Crippen LogP contribution in [-0.2, 0) is 38.0 Å². The highest BCUT2D eigenvalue weighted by molar-refractivity contribution is 5.67. The second-order valence-corrected chi connectivity index (χ2v) is 13.2. The van der Waals surface area contributed by atoms with E-state index in [9.17, 15) is 14.7 Å². The van der Waals surface area contributed by atoms with Crippen LogP contribution in [0.25, 0.3) is 0 Å². The molecule has 212 valence electrons. The molecule has 7 fully saturated rings. The zero-order chi connectivity index (χ0) is 27.0. The highest BCUT2D eigenvalue weighted by Crippen LogP contribution is 2.83. The van der Waals surface area contributed by atoms with Crippen molar-refractivity contribution in [2.24, 2.45) is 28.6 Å². The summed E-state index contributed by atoms with van der Waals surface area (Å²) in [6.07, 6.45) is 0.595. The van der Waals surface area contributed by atoms with Crippen molar-refractivity contribution in [3.63, 3.8) is 0 Å². The Hall–Kier alpha value is -1.30. The van der Waals surface area contributed by atoms with Crippen molar-refractivity contribution in [3.05, 3.63) is 0 Å². The van der Waals surface area contributed by atoms with Crippen molar-refractivity contribution in [2.75, 3.05) is 34.1 Å². The van der Waals surface area contributed by atoms with Crippen LogP contribution in [0, 0.1) is 28.6 Å². The number of hydrogen-bond acceptors (Lipinski definition) is 10. The summed E-state index contributed by atoms with van der Waals surface area (Å²) in [6.45, 7) is 8.81. The van der Waals surface area contributed by atoms with Crippen LogP contribution < -0.4 is 0 Å². The Kier molecular flexibility index (Phi) is 5.20. The smallest absolute Gasteiger partial charge is 0.303 e. The van der Waals surface area contributed by atoms with Gasteiger partial charge < -0.3 is 33.5 Å². The van der Waals surface area contributed by atoms with Gasteiger partial charge in [-0.15, -0.1) is 0 Å². The number of ether oxygens (including phenoxy) is 6. The van der Waals surface area contributed by atoms with Crippen LogP contribution >= 0.6 is 0 Å². The number of carbonyl (C=O) groups excluding carboxylic acids is 2. The van der Waals surface area contributed by atoms with E-state index in [0.29, 0.717) is 12.8 Å². The van der Waals surface area contributed by atoms with Crippen LogP contribution in [0.5, 0.6) is 0 Å². The standard InChI is InChI=1S/C28H41NO9/c1-7-29-12-24(4)9-8-18(34-6)27-21(24)22(38-15(3)31)28(23(27)29)26(35-13-36-28)11-17(33-5)16-10-25(27,32)20(26)19(16)37-14(2)30/h16-23,32H,7-13H2,1-6H3/t16-,17+,18+,19+,20+,21-,22+,23+,24+,25+,26-,27-,28+/m1/s1. The third-order valence-corrected chi connectivity index (χ3v) is 12.2. The number of carbonyl (C=O) groups is 2. The average molecular weight is 536 g/mol. The zero-order valence-corrected chi connectivity index (χ0v) is 23.2. The summed E-state index contributed by atoms with van der Waals surface area (Å²) >= 11 is 0. The van der Waals surface area contributed by atoms with E-state index in [1.54, 1.807) is 14.2 Å². The van der Waals surface area contributed by atoms with Crippen molar-refractivity contribution < 1.29 is 43.1 Å². The fourth-order valence-corrected chi connectivity index (χ4v) is 11.8. The molecule has 0 aromatic heterocycles. The van der Waals surface area contributed by atoms with E-state index in [1.165, 1.54) is 13.8 Å². The molecule has 7 aliphatic rings. The SMILES string of the molecule is CCN1C[C@]2(C)CC[C@H](OC)[C@]34[C@@H]2[C@H](OC(C)=O)[C@]2(OCO[C@@]25C[C@H](OC)[C@H]2C[C@]3(O)[C@@H]5[C@H]2OC(C)=O)[C@@H]14. The monoisotopic (exact) mass is 535 g/mol. The molecule has 2 heterocycles. The van der Waals surface area contributed by atoms with Gasteiger partial charge in [-0.1, -0.05) is 13.8 Å². The first-order valence-electron chi connectivity index (χ1n) is 14.2. The predicted octanol–water partition coefficient (Wildman–Crippen LogP) is 1.27. The predicted molar refractivity (Wildman–Crippen MR) is 131 cm³/mol. The fraction of sp³-hybridized carbons (Fsp3) is 0.929. The number of likely N-dealkylation sites (N-methyl/N-ethyl adjacent to an activating group) is 1. The molecule has 5 aliphatic carbocycles. The van der Waals surface area contributed by atoms with Crippen LogP contribution in [0.2, 0.25) is 0 Å². The van der Waals surface area contributed by atoms with Gasteiger partial charge in [0.25, 0.3) is 0 Å². The van der Waals surface area contributed by atoms with E-state index in [4.69, 9.17) is 28.4 Å². The summed E-state index contributed by atoms with van der Waals surface area (Å²) in [5.74, 6) is -1.78. The molecule has 10 nitrogen and oxygen atoms in total. The average Bonchev–Trinajstić information content (AvgIpc) is 3.39. The summed E-state index contributed by atoms with van der Waals surface area (Å²) < 4.78 is 38.4. The number of likely N-dealkylation sites (tertiary alicyclic amines) is 1. The van der Waals surface area contributed by atoms with Crippen LogP contribution in [-0.4, -0.2) is 103 Å². The van der Waals surface area contributed by atoms with Crippen molar-refractivity contribution >= 4 is 11.9 Å². The highest BCUT2D eigenvalue weighted by atomic mass is 16.7. The van der Waals surface area contributed by atoms with Gasteiger partial charge >= 0.3 is 11.9 Å². The van der Waals surface area contributed by atoms with Gasteiger partial charge in [0.05, 0.1) is 35.2 Å². The second kappa shape index (κ2) is 7.70. The van der Waals surface area contributed by atoms with Gasteiger partial charge in [-0.05, 0) is 31.2 Å². The maximum atomic E-state index is 13.5. The summed E-state index contributed by atoms with van der Waals surface area (Å²) in [6, 6.07) is -0.316. The topological polar surface area (TPSA) is 113 Å². The molecule has 0 aromatic carbocycles. The van der Waals surface area contributed by atoms with Gasteiger partial charge in [-0.3, -0.25) is 14.5 Å². The number of rotatable bonds is 5. The number of aliphatic hydroxyl groups is 1. The maximum Gasteiger partial charge on any atom is 0.303 e. The molecular weight excluding hydrogens is 494 g/mol. The number of piperidine rings is 1. The molecule has 2 aliphatic heterocycles. The molecule has 10 heteroatoms. The second-order valence-electron chi connectivity index (χ2n) is 13.2. The molecule has 0 aromatic rings. The van der Waals surface area contributed by atoms with Crippen LogP contribution in [0.4, 0.5) is 0 Å². The molecule has 0 radical (unpaired) electrons. The maximum absolute atomic E-state index is 13.5. The van der Waals surface area contributed by atoms with E-state index >= 15 is 0 Å². The largest absolute Gasteiger partial charge is 0.462 e. The fourth-order valence-electron chi connectivity index (χ4n) is 11.8. The normalized spacial score (nSPS) is 57.4. The summed E-state index contributed by atoms with van der Waals surface area (Å²) in [5, 5.41) is 13.5. The molecule has 0 unspecified atom stereocenters. The van der Waals surface area contributed by atoms with Gasteiger partial charge in [0.1, 0.15) is 24.6 Å². The number of hydrogen-bond donors (Lipinski definition) is 1. The first-order chi connectivity index (χ1) is 18.0. The van der Waals surface area contributed by atoms with E-state index in [0.717, 1.165) is 25.9 Å². The quantitative estimate of drug-likeness (QED) is 0.517. The number of esters is 2. The van der Waals surface area contributed by atoms with Gasteiger partial charge in [0.2, 0.25) is 0 Å². The molecule has 2 saturated heterocycles. The third kappa shape index (κ3) is 2.42. The Balaban J connectivity index is 1.60. The van der Waals surface area contributed by atoms with E-state index in [-0.39, 0.29) is 48.3 Å². The van der Waals surface area contributed by atoms with Crippen LogP contribution in [0.15, 0.2) is 0 Å². The number of fused-ring (bicyclic) bond motifs is 1. The number of methoxy groups -OCH3 is 2. The summed E-state index contributed by atoms with van der Waals surface area (Å²) in [5.41, 5.74) is -4.59. The number of nitrogens with zero attached hydrogens (tertiary/aromatic N) is 1. The minimum Gasteiger partial charge on any atom is -0.462 e. The van der Waals surface area contributed by atoms with Crippen molar-refractivity contribution in [1.29, 1.82) is 0 Å². The minimum atomic E-state index is -1.33. The summed E-state index contributed by atoms with van der Waals surface area (Å²) in [7, 11) is 3.38. The summed E-state index contributed by atoms with van der Waals surface area (Å²) in [4.78, 5) is 27.7. The van der Waals surface area contributed by atoms with Gasteiger partial charge in [-0.2, -0.15) is 0 Å². The van der Waals surface area contributed by atoms with Gasteiger partial charge in [0, 0.05) is 52.9 Å². The molecule has 1 N–H and O–H groups in total. The molecule has 3 spiro atoms. The lowest BCUT2D eigenvalue weighted by molar-refractivity contribution is -0.331. The van der Waals surface area contributed by atoms with E-state index < -0.39 is 46.3 Å². The van der Waals surface area contributed by atoms with Gasteiger partial charge in [-0.25, -0.2) is 0 Å². The van der Waals surface area contributed by atoms with Crippen molar-refractivity contribution in [1.82, 2.24) is 4.90 Å². The first-order valence-corrected chi connectivity index (χ1v) is 14.2. The molecule has 0 amide bonds. The van der Waals surface area contributed by atoms with Crippen molar-refractivity contribution in [2.45, 2.75) is 101 Å². The molecule has 38 heavy (non-hydrogen) atoms. The molecule has 5 saturated carbocycles. The minimum absolute atomic E-state index is 0.00343. The van der Waals surface area contributed by atoms with Crippen LogP contribution in [0.3, 0.4) is 0 Å². The third-order valence-electron chi connectivity index (χ3n) is 12.2. The Labute approximate surface area is 223 Å².